The average Bonchev–Trinajstić information content (AvgIpc) is 2.30. The number of hydrogen-bond donors (Lipinski definition) is 0. The van der Waals surface area contributed by atoms with E-state index in [4.69, 9.17) is 11.2 Å². The summed E-state index contributed by atoms with van der Waals surface area (Å²) in [4.78, 5) is 0. The first kappa shape index (κ1) is 14.3. The van der Waals surface area contributed by atoms with Gasteiger partial charge < -0.3 is 4.74 Å². The predicted molar refractivity (Wildman–Crippen MR) is 80.5 cm³/mol. The van der Waals surface area contributed by atoms with Crippen LogP contribution >= 0.6 is 31.9 Å². The maximum Gasteiger partial charge on any atom is 0.119 e. The van der Waals surface area contributed by atoms with Crippen LogP contribution in [0.3, 0.4) is 0 Å². The van der Waals surface area contributed by atoms with Crippen molar-refractivity contribution in [2.75, 3.05) is 6.61 Å². The Balaban J connectivity index is 2.36. The lowest BCUT2D eigenvalue weighted by Crippen LogP contribution is -1.96. The first-order chi connectivity index (χ1) is 8.22. The SMILES string of the molecule is C#CCCCCOc1ccc(C=C(Br)Br)cc1. The molecule has 3 heteroatoms. The molecule has 0 spiro atoms. The van der Waals surface area contributed by atoms with Crippen LogP contribution < -0.4 is 4.74 Å². The highest BCUT2D eigenvalue weighted by Crippen LogP contribution is 2.20. The van der Waals surface area contributed by atoms with E-state index in [-0.39, 0.29) is 0 Å². The van der Waals surface area contributed by atoms with Crippen LogP contribution in [0, 0.1) is 12.3 Å². The van der Waals surface area contributed by atoms with E-state index in [2.05, 4.69) is 37.8 Å². The molecule has 1 aromatic rings. The van der Waals surface area contributed by atoms with Gasteiger partial charge >= 0.3 is 0 Å². The summed E-state index contributed by atoms with van der Waals surface area (Å²) in [6, 6.07) is 7.96. The summed E-state index contributed by atoms with van der Waals surface area (Å²) in [6.07, 6.45) is 10.0. The van der Waals surface area contributed by atoms with Crippen LogP contribution in [0.5, 0.6) is 5.75 Å². The Labute approximate surface area is 120 Å². The molecule has 1 rings (SSSR count). The van der Waals surface area contributed by atoms with E-state index < -0.39 is 0 Å². The molecule has 0 heterocycles. The fraction of sp³-hybridized carbons (Fsp3) is 0.286. The van der Waals surface area contributed by atoms with Crippen molar-refractivity contribution in [2.45, 2.75) is 19.3 Å². The van der Waals surface area contributed by atoms with Gasteiger partial charge in [0.1, 0.15) is 5.75 Å². The summed E-state index contributed by atoms with van der Waals surface area (Å²) in [6.45, 7) is 0.721. The molecular weight excluding hydrogens is 344 g/mol. The number of unbranched alkanes of at least 4 members (excludes halogenated alkanes) is 2. The highest BCUT2D eigenvalue weighted by atomic mass is 79.9. The molecule has 17 heavy (non-hydrogen) atoms. The van der Waals surface area contributed by atoms with E-state index in [0.29, 0.717) is 0 Å². The molecule has 0 radical (unpaired) electrons. The molecular formula is C14H14Br2O. The molecule has 90 valence electrons. The zero-order valence-electron chi connectivity index (χ0n) is 9.46. The maximum absolute atomic E-state index is 5.60. The van der Waals surface area contributed by atoms with Crippen molar-refractivity contribution in [2.24, 2.45) is 0 Å². The van der Waals surface area contributed by atoms with Crippen LogP contribution in [0.4, 0.5) is 0 Å². The van der Waals surface area contributed by atoms with Gasteiger partial charge in [0.25, 0.3) is 0 Å². The summed E-state index contributed by atoms with van der Waals surface area (Å²) in [5.41, 5.74) is 1.12. The van der Waals surface area contributed by atoms with E-state index in [1.54, 1.807) is 0 Å². The molecule has 0 N–H and O–H groups in total. The lowest BCUT2D eigenvalue weighted by Gasteiger charge is -2.05. The lowest BCUT2D eigenvalue weighted by molar-refractivity contribution is 0.307. The van der Waals surface area contributed by atoms with Gasteiger partial charge in [-0.25, -0.2) is 0 Å². The standard InChI is InChI=1S/C14H14Br2O/c1-2-3-4-5-10-17-13-8-6-12(7-9-13)11-14(15)16/h1,6-9,11H,3-5,10H2. The third kappa shape index (κ3) is 6.55. The molecule has 0 aliphatic heterocycles. The minimum Gasteiger partial charge on any atom is -0.494 e. The Morgan fingerprint density at radius 3 is 2.53 bits per heavy atom. The van der Waals surface area contributed by atoms with Gasteiger partial charge in [-0.15, -0.1) is 12.3 Å². The highest BCUT2D eigenvalue weighted by molar-refractivity contribution is 9.28. The molecule has 0 aliphatic carbocycles. The van der Waals surface area contributed by atoms with Crippen LogP contribution in [-0.2, 0) is 0 Å². The smallest absolute Gasteiger partial charge is 0.119 e. The predicted octanol–water partition coefficient (Wildman–Crippen LogP) is 4.96. The summed E-state index contributed by atoms with van der Waals surface area (Å²) in [7, 11) is 0. The zero-order chi connectivity index (χ0) is 12.5. The molecule has 0 saturated heterocycles. The largest absolute Gasteiger partial charge is 0.494 e. The van der Waals surface area contributed by atoms with Gasteiger partial charge in [-0.3, -0.25) is 0 Å². The fourth-order valence-corrected chi connectivity index (χ4v) is 1.83. The molecule has 0 unspecified atom stereocenters. The van der Waals surface area contributed by atoms with E-state index in [9.17, 15) is 0 Å². The van der Waals surface area contributed by atoms with Gasteiger partial charge in [-0.1, -0.05) is 12.1 Å². The molecule has 1 nitrogen and oxygen atoms in total. The van der Waals surface area contributed by atoms with Crippen molar-refractivity contribution in [3.8, 4) is 18.1 Å². The van der Waals surface area contributed by atoms with Crippen molar-refractivity contribution in [1.82, 2.24) is 0 Å². The highest BCUT2D eigenvalue weighted by Gasteiger charge is 1.94. The van der Waals surface area contributed by atoms with E-state index in [1.165, 1.54) is 0 Å². The number of hydrogen-bond acceptors (Lipinski definition) is 1. The van der Waals surface area contributed by atoms with E-state index in [0.717, 1.165) is 40.6 Å². The number of halogens is 2. The molecule has 0 saturated carbocycles. The summed E-state index contributed by atoms with van der Waals surface area (Å²) in [5, 5.41) is 0. The Bertz CT molecular complexity index is 397. The maximum atomic E-state index is 5.60. The summed E-state index contributed by atoms with van der Waals surface area (Å²) >= 11 is 6.65. The lowest BCUT2D eigenvalue weighted by atomic mass is 10.2. The second-order valence-electron chi connectivity index (χ2n) is 3.51. The second kappa shape index (κ2) is 8.38. The molecule has 0 aliphatic rings. The Kier molecular flexibility index (Phi) is 7.07. The quantitative estimate of drug-likeness (QED) is 0.516. The van der Waals surface area contributed by atoms with Crippen LogP contribution in [-0.4, -0.2) is 6.61 Å². The van der Waals surface area contributed by atoms with Crippen molar-refractivity contribution >= 4 is 37.9 Å². The summed E-state index contributed by atoms with van der Waals surface area (Å²) in [5.74, 6) is 3.52. The van der Waals surface area contributed by atoms with Crippen molar-refractivity contribution in [3.05, 3.63) is 33.2 Å². The first-order valence-electron chi connectivity index (χ1n) is 5.41. The zero-order valence-corrected chi connectivity index (χ0v) is 12.6. The van der Waals surface area contributed by atoms with Crippen molar-refractivity contribution in [3.63, 3.8) is 0 Å². The molecule has 0 amide bonds. The minimum atomic E-state index is 0.721. The van der Waals surface area contributed by atoms with Crippen LogP contribution in [0.1, 0.15) is 24.8 Å². The van der Waals surface area contributed by atoms with Gasteiger partial charge in [0, 0.05) is 6.42 Å². The number of ether oxygens (including phenoxy) is 1. The third-order valence-corrected chi connectivity index (χ3v) is 2.60. The number of rotatable bonds is 6. The fourth-order valence-electron chi connectivity index (χ4n) is 1.31. The molecule has 0 fully saturated rings. The number of benzene rings is 1. The monoisotopic (exact) mass is 356 g/mol. The normalized spacial score (nSPS) is 9.47. The van der Waals surface area contributed by atoms with Crippen molar-refractivity contribution < 1.29 is 4.74 Å². The van der Waals surface area contributed by atoms with Crippen LogP contribution in [0.25, 0.3) is 6.08 Å². The van der Waals surface area contributed by atoms with E-state index in [1.807, 2.05) is 30.3 Å². The Morgan fingerprint density at radius 1 is 1.24 bits per heavy atom. The van der Waals surface area contributed by atoms with E-state index >= 15 is 0 Å². The second-order valence-corrected chi connectivity index (χ2v) is 6.29. The molecule has 1 aromatic carbocycles. The topological polar surface area (TPSA) is 9.23 Å². The van der Waals surface area contributed by atoms with Gasteiger partial charge in [-0.2, -0.15) is 0 Å². The van der Waals surface area contributed by atoms with Crippen LogP contribution in [0.15, 0.2) is 27.7 Å². The summed E-state index contributed by atoms with van der Waals surface area (Å²) < 4.78 is 6.52. The van der Waals surface area contributed by atoms with Gasteiger partial charge in [-0.05, 0) is 68.5 Å². The van der Waals surface area contributed by atoms with Crippen molar-refractivity contribution in [1.29, 1.82) is 0 Å². The third-order valence-electron chi connectivity index (χ3n) is 2.14. The molecule has 0 bridgehead atoms. The van der Waals surface area contributed by atoms with Gasteiger partial charge in [0.15, 0.2) is 0 Å². The van der Waals surface area contributed by atoms with Crippen LogP contribution in [0.2, 0.25) is 0 Å². The molecule has 0 atom stereocenters. The average molecular weight is 358 g/mol. The number of terminal acetylenes is 1. The Morgan fingerprint density at radius 2 is 1.94 bits per heavy atom. The first-order valence-corrected chi connectivity index (χ1v) is 7.00. The minimum absolute atomic E-state index is 0.721. The Hall–Kier alpha value is -0.720. The van der Waals surface area contributed by atoms with Gasteiger partial charge in [0.2, 0.25) is 0 Å². The molecule has 0 aromatic heterocycles. The van der Waals surface area contributed by atoms with Gasteiger partial charge in [0.05, 0.1) is 10.00 Å².